The van der Waals surface area contributed by atoms with Crippen LogP contribution in [0, 0.1) is 0 Å². The van der Waals surface area contributed by atoms with Crippen LogP contribution >= 0.6 is 0 Å². The fraction of sp³-hybridized carbons (Fsp3) is 0.933. The fourth-order valence-corrected chi connectivity index (χ4v) is 3.12. The monoisotopic (exact) mass is 316 g/mol. The van der Waals surface area contributed by atoms with Gasteiger partial charge in [-0.1, -0.05) is 20.8 Å². The molecule has 0 radical (unpaired) electrons. The SMILES string of the molecule is CN(C)C(=O)O[C@@H]1C[C@@H](CO[Si](C)(C)C(C)(C)C)N(C)C1. The number of nitrogens with zero attached hydrogens (tertiary/aromatic N) is 2. The van der Waals surface area contributed by atoms with Gasteiger partial charge in [-0.25, -0.2) is 4.79 Å². The summed E-state index contributed by atoms with van der Waals surface area (Å²) in [6.07, 6.45) is 0.558. The first-order chi connectivity index (χ1) is 9.44. The number of hydrogen-bond acceptors (Lipinski definition) is 4. The van der Waals surface area contributed by atoms with Crippen LogP contribution in [0.3, 0.4) is 0 Å². The van der Waals surface area contributed by atoms with Gasteiger partial charge in [-0.15, -0.1) is 0 Å². The Morgan fingerprint density at radius 2 is 1.90 bits per heavy atom. The molecule has 1 aliphatic rings. The summed E-state index contributed by atoms with van der Waals surface area (Å²) in [4.78, 5) is 15.3. The van der Waals surface area contributed by atoms with E-state index >= 15 is 0 Å². The average Bonchev–Trinajstić information content (AvgIpc) is 2.65. The number of likely N-dealkylation sites (tertiary alicyclic amines) is 1. The third-order valence-corrected chi connectivity index (χ3v) is 9.23. The molecule has 0 unspecified atom stereocenters. The molecule has 6 heteroatoms. The lowest BCUT2D eigenvalue weighted by molar-refractivity contribution is 0.0789. The minimum atomic E-state index is -1.72. The van der Waals surface area contributed by atoms with Crippen LogP contribution in [0.4, 0.5) is 4.79 Å². The molecule has 0 aliphatic carbocycles. The molecule has 1 saturated heterocycles. The fourth-order valence-electron chi connectivity index (χ4n) is 2.08. The van der Waals surface area contributed by atoms with E-state index in [1.165, 1.54) is 4.90 Å². The second-order valence-corrected chi connectivity index (χ2v) is 12.6. The van der Waals surface area contributed by atoms with E-state index in [1.807, 2.05) is 0 Å². The maximum Gasteiger partial charge on any atom is 0.409 e. The van der Waals surface area contributed by atoms with E-state index in [0.29, 0.717) is 6.04 Å². The molecule has 0 aromatic rings. The lowest BCUT2D eigenvalue weighted by Crippen LogP contribution is -2.44. The third kappa shape index (κ3) is 4.97. The van der Waals surface area contributed by atoms with Gasteiger partial charge in [0.15, 0.2) is 8.32 Å². The molecule has 124 valence electrons. The minimum absolute atomic E-state index is 0.0297. The number of likely N-dealkylation sites (N-methyl/N-ethyl adjacent to an activating group) is 1. The zero-order chi connectivity index (χ0) is 16.4. The van der Waals surface area contributed by atoms with Crippen molar-refractivity contribution in [1.82, 2.24) is 9.80 Å². The topological polar surface area (TPSA) is 42.0 Å². The summed E-state index contributed by atoms with van der Waals surface area (Å²) in [5, 5.41) is 0.223. The van der Waals surface area contributed by atoms with Crippen molar-refractivity contribution in [3.05, 3.63) is 0 Å². The van der Waals surface area contributed by atoms with E-state index in [4.69, 9.17) is 9.16 Å². The van der Waals surface area contributed by atoms with Gasteiger partial charge in [-0.2, -0.15) is 0 Å². The van der Waals surface area contributed by atoms with Crippen LogP contribution in [-0.4, -0.2) is 70.7 Å². The maximum absolute atomic E-state index is 11.6. The highest BCUT2D eigenvalue weighted by Crippen LogP contribution is 2.37. The Morgan fingerprint density at radius 3 is 2.38 bits per heavy atom. The van der Waals surface area contributed by atoms with E-state index in [-0.39, 0.29) is 17.2 Å². The first kappa shape index (κ1) is 18.5. The standard InChI is InChI=1S/C15H32N2O3Si/c1-15(2,3)21(7,8)19-11-12-9-13(10-17(12)6)20-14(18)16(4)5/h12-13H,9-11H2,1-8H3/t12-,13+/m0/s1. The molecule has 0 N–H and O–H groups in total. The maximum atomic E-state index is 11.6. The van der Waals surface area contributed by atoms with Crippen LogP contribution in [0.2, 0.25) is 18.1 Å². The summed E-state index contributed by atoms with van der Waals surface area (Å²) in [5.74, 6) is 0. The van der Waals surface area contributed by atoms with Crippen molar-refractivity contribution in [1.29, 1.82) is 0 Å². The van der Waals surface area contributed by atoms with Gasteiger partial charge in [0.1, 0.15) is 6.10 Å². The molecule has 1 fully saturated rings. The van der Waals surface area contributed by atoms with Gasteiger partial charge in [-0.3, -0.25) is 4.90 Å². The van der Waals surface area contributed by atoms with Crippen molar-refractivity contribution in [3.63, 3.8) is 0 Å². The van der Waals surface area contributed by atoms with E-state index in [1.54, 1.807) is 14.1 Å². The Labute approximate surface area is 130 Å². The summed E-state index contributed by atoms with van der Waals surface area (Å²) in [5.41, 5.74) is 0. The van der Waals surface area contributed by atoms with Gasteiger partial charge in [0.2, 0.25) is 0 Å². The smallest absolute Gasteiger partial charge is 0.409 e. The highest BCUT2D eigenvalue weighted by Gasteiger charge is 2.39. The molecule has 0 aromatic heterocycles. The number of ether oxygens (including phenoxy) is 1. The molecule has 1 heterocycles. The summed E-state index contributed by atoms with van der Waals surface area (Å²) in [7, 11) is 3.77. The average molecular weight is 317 g/mol. The van der Waals surface area contributed by atoms with Gasteiger partial charge in [0, 0.05) is 39.7 Å². The second-order valence-electron chi connectivity index (χ2n) is 7.80. The van der Waals surface area contributed by atoms with Crippen LogP contribution in [-0.2, 0) is 9.16 Å². The molecular weight excluding hydrogens is 284 g/mol. The van der Waals surface area contributed by atoms with Gasteiger partial charge >= 0.3 is 6.09 Å². The number of carbonyl (C=O) groups excluding carboxylic acids is 1. The van der Waals surface area contributed by atoms with E-state index < -0.39 is 8.32 Å². The van der Waals surface area contributed by atoms with Crippen molar-refractivity contribution in [2.75, 3.05) is 34.3 Å². The molecule has 0 aromatic carbocycles. The molecule has 21 heavy (non-hydrogen) atoms. The van der Waals surface area contributed by atoms with Crippen LogP contribution < -0.4 is 0 Å². The number of carbonyl (C=O) groups is 1. The summed E-state index contributed by atoms with van der Waals surface area (Å²) in [6, 6.07) is 0.332. The molecule has 2 atom stereocenters. The lowest BCUT2D eigenvalue weighted by Gasteiger charge is -2.37. The van der Waals surface area contributed by atoms with Crippen LogP contribution in [0.25, 0.3) is 0 Å². The van der Waals surface area contributed by atoms with Gasteiger partial charge in [-0.05, 0) is 25.2 Å². The predicted molar refractivity (Wildman–Crippen MR) is 88.1 cm³/mol. The van der Waals surface area contributed by atoms with Crippen LogP contribution in [0.15, 0.2) is 0 Å². The molecule has 1 amide bonds. The number of rotatable bonds is 4. The second kappa shape index (κ2) is 6.67. The van der Waals surface area contributed by atoms with Crippen molar-refractivity contribution in [2.45, 2.75) is 57.5 Å². The zero-order valence-electron chi connectivity index (χ0n) is 14.9. The molecule has 0 spiro atoms. The van der Waals surface area contributed by atoms with Gasteiger partial charge < -0.3 is 14.1 Å². The first-order valence-electron chi connectivity index (χ1n) is 7.66. The number of amides is 1. The molecular formula is C15H32N2O3Si. The summed E-state index contributed by atoms with van der Waals surface area (Å²) in [6.45, 7) is 12.8. The molecule has 5 nitrogen and oxygen atoms in total. The highest BCUT2D eigenvalue weighted by molar-refractivity contribution is 6.74. The van der Waals surface area contributed by atoms with Gasteiger partial charge in [0.05, 0.1) is 0 Å². The Hall–Kier alpha value is -0.593. The predicted octanol–water partition coefficient (Wildman–Crippen LogP) is 2.78. The molecule has 0 bridgehead atoms. The van der Waals surface area contributed by atoms with Crippen LogP contribution in [0.1, 0.15) is 27.2 Å². The lowest BCUT2D eigenvalue weighted by atomic mass is 10.2. The minimum Gasteiger partial charge on any atom is -0.445 e. The quantitative estimate of drug-likeness (QED) is 0.748. The largest absolute Gasteiger partial charge is 0.445 e. The third-order valence-electron chi connectivity index (χ3n) is 4.73. The van der Waals surface area contributed by atoms with E-state index in [2.05, 4.69) is 45.8 Å². The Balaban J connectivity index is 2.49. The molecule has 1 rings (SSSR count). The molecule has 1 aliphatic heterocycles. The Morgan fingerprint density at radius 1 is 1.33 bits per heavy atom. The molecule has 0 saturated carbocycles. The van der Waals surface area contributed by atoms with Crippen molar-refractivity contribution >= 4 is 14.4 Å². The van der Waals surface area contributed by atoms with Crippen molar-refractivity contribution in [3.8, 4) is 0 Å². The van der Waals surface area contributed by atoms with E-state index in [0.717, 1.165) is 19.6 Å². The van der Waals surface area contributed by atoms with E-state index in [9.17, 15) is 4.79 Å². The van der Waals surface area contributed by atoms with Crippen molar-refractivity contribution < 1.29 is 14.0 Å². The highest BCUT2D eigenvalue weighted by atomic mass is 28.4. The van der Waals surface area contributed by atoms with Crippen LogP contribution in [0.5, 0.6) is 0 Å². The first-order valence-corrected chi connectivity index (χ1v) is 10.6. The Kier molecular flexibility index (Phi) is 5.86. The van der Waals surface area contributed by atoms with Gasteiger partial charge in [0.25, 0.3) is 0 Å². The summed E-state index contributed by atoms with van der Waals surface area (Å²) >= 11 is 0. The number of hydrogen-bond donors (Lipinski definition) is 0. The van der Waals surface area contributed by atoms with Crippen molar-refractivity contribution in [2.24, 2.45) is 0 Å². The summed E-state index contributed by atoms with van der Waals surface area (Å²) < 4.78 is 11.8. The Bertz CT molecular complexity index is 366. The zero-order valence-corrected chi connectivity index (χ0v) is 15.9. The normalized spacial score (nSPS) is 24.2.